The van der Waals surface area contributed by atoms with Crippen molar-refractivity contribution < 1.29 is 4.74 Å². The standard InChI is InChI=1S/C14H20BrNO/c1-11-10-12(15)4-5-13(11)14(2,3)16-6-8-17-9-7-16/h4-5,10H,6-9H2,1-3H3. The Morgan fingerprint density at radius 2 is 1.88 bits per heavy atom. The summed E-state index contributed by atoms with van der Waals surface area (Å²) in [5, 5.41) is 0. The van der Waals surface area contributed by atoms with Gasteiger partial charge in [-0.2, -0.15) is 0 Å². The number of rotatable bonds is 2. The SMILES string of the molecule is Cc1cc(Br)ccc1C(C)(C)N1CCOCC1. The van der Waals surface area contributed by atoms with Crippen molar-refractivity contribution in [3.63, 3.8) is 0 Å². The van der Waals surface area contributed by atoms with Gasteiger partial charge in [-0.3, -0.25) is 4.90 Å². The van der Waals surface area contributed by atoms with E-state index < -0.39 is 0 Å². The van der Waals surface area contributed by atoms with Crippen LogP contribution >= 0.6 is 15.9 Å². The Balaban J connectivity index is 2.29. The highest BCUT2D eigenvalue weighted by atomic mass is 79.9. The molecule has 1 aliphatic rings. The fraction of sp³-hybridized carbons (Fsp3) is 0.571. The summed E-state index contributed by atoms with van der Waals surface area (Å²) in [7, 11) is 0. The largest absolute Gasteiger partial charge is 0.379 e. The fourth-order valence-electron chi connectivity index (χ4n) is 2.61. The summed E-state index contributed by atoms with van der Waals surface area (Å²) in [6.45, 7) is 10.5. The topological polar surface area (TPSA) is 12.5 Å². The van der Waals surface area contributed by atoms with Crippen molar-refractivity contribution in [3.8, 4) is 0 Å². The Bertz CT molecular complexity index is 397. The third-order valence-electron chi connectivity index (χ3n) is 3.65. The van der Waals surface area contributed by atoms with Crippen LogP contribution in [0.25, 0.3) is 0 Å². The third kappa shape index (κ3) is 2.72. The Morgan fingerprint density at radius 1 is 1.24 bits per heavy atom. The zero-order valence-corrected chi connectivity index (χ0v) is 12.4. The Morgan fingerprint density at radius 3 is 2.47 bits per heavy atom. The van der Waals surface area contributed by atoms with E-state index in [2.05, 4.69) is 59.8 Å². The first-order valence-corrected chi connectivity index (χ1v) is 6.90. The smallest absolute Gasteiger partial charge is 0.0594 e. The number of benzene rings is 1. The van der Waals surface area contributed by atoms with Crippen LogP contribution in [-0.4, -0.2) is 31.2 Å². The van der Waals surface area contributed by atoms with E-state index in [0.717, 1.165) is 30.8 Å². The van der Waals surface area contributed by atoms with Crippen molar-refractivity contribution in [2.75, 3.05) is 26.3 Å². The van der Waals surface area contributed by atoms with Crippen LogP contribution in [0.15, 0.2) is 22.7 Å². The number of ether oxygens (including phenoxy) is 1. The van der Waals surface area contributed by atoms with Crippen LogP contribution in [0.2, 0.25) is 0 Å². The molecular weight excluding hydrogens is 278 g/mol. The molecule has 0 amide bonds. The maximum atomic E-state index is 5.43. The minimum absolute atomic E-state index is 0.0779. The summed E-state index contributed by atoms with van der Waals surface area (Å²) >= 11 is 3.53. The average Bonchev–Trinajstić information content (AvgIpc) is 2.29. The second-order valence-electron chi connectivity index (χ2n) is 5.12. The first-order chi connectivity index (χ1) is 8.01. The molecule has 1 aliphatic heterocycles. The predicted octanol–water partition coefficient (Wildman–Crippen LogP) is 3.32. The molecule has 1 saturated heterocycles. The van der Waals surface area contributed by atoms with E-state index in [0.29, 0.717) is 0 Å². The molecule has 0 radical (unpaired) electrons. The summed E-state index contributed by atoms with van der Waals surface area (Å²) in [5.41, 5.74) is 2.83. The molecule has 3 heteroatoms. The lowest BCUT2D eigenvalue weighted by molar-refractivity contribution is -0.0120. The molecule has 2 nitrogen and oxygen atoms in total. The van der Waals surface area contributed by atoms with Gasteiger partial charge in [0.1, 0.15) is 0 Å². The van der Waals surface area contributed by atoms with E-state index >= 15 is 0 Å². The zero-order chi connectivity index (χ0) is 12.5. The van der Waals surface area contributed by atoms with Crippen LogP contribution in [0.4, 0.5) is 0 Å². The molecule has 0 spiro atoms. The molecule has 0 N–H and O–H groups in total. The number of morpholine rings is 1. The lowest BCUT2D eigenvalue weighted by Gasteiger charge is -2.42. The second kappa shape index (κ2) is 5.09. The molecule has 0 unspecified atom stereocenters. The van der Waals surface area contributed by atoms with Gasteiger partial charge in [0.2, 0.25) is 0 Å². The molecule has 0 bridgehead atoms. The molecule has 0 aromatic heterocycles. The van der Waals surface area contributed by atoms with Gasteiger partial charge in [-0.05, 0) is 44.0 Å². The lowest BCUT2D eigenvalue weighted by Crippen LogP contribution is -2.48. The van der Waals surface area contributed by atoms with Crippen molar-refractivity contribution in [2.24, 2.45) is 0 Å². The number of hydrogen-bond donors (Lipinski definition) is 0. The predicted molar refractivity (Wildman–Crippen MR) is 74.3 cm³/mol. The van der Waals surface area contributed by atoms with Crippen molar-refractivity contribution in [2.45, 2.75) is 26.3 Å². The van der Waals surface area contributed by atoms with Gasteiger partial charge in [0.25, 0.3) is 0 Å². The van der Waals surface area contributed by atoms with Crippen LogP contribution < -0.4 is 0 Å². The molecular formula is C14H20BrNO. The highest BCUT2D eigenvalue weighted by Gasteiger charge is 2.30. The van der Waals surface area contributed by atoms with Crippen LogP contribution in [0, 0.1) is 6.92 Å². The van der Waals surface area contributed by atoms with Gasteiger partial charge < -0.3 is 4.74 Å². The molecule has 0 saturated carbocycles. The molecule has 0 atom stereocenters. The van der Waals surface area contributed by atoms with Crippen molar-refractivity contribution in [1.82, 2.24) is 4.90 Å². The number of halogens is 1. The lowest BCUT2D eigenvalue weighted by atomic mass is 9.88. The van der Waals surface area contributed by atoms with Crippen LogP contribution in [-0.2, 0) is 10.3 Å². The van der Waals surface area contributed by atoms with E-state index in [4.69, 9.17) is 4.74 Å². The molecule has 1 aromatic rings. The Hall–Kier alpha value is -0.380. The summed E-state index contributed by atoms with van der Waals surface area (Å²) in [6.07, 6.45) is 0. The maximum absolute atomic E-state index is 5.43. The molecule has 2 rings (SSSR count). The Kier molecular flexibility index (Phi) is 3.91. The number of nitrogens with zero attached hydrogens (tertiary/aromatic N) is 1. The first kappa shape index (κ1) is 13.1. The first-order valence-electron chi connectivity index (χ1n) is 6.11. The van der Waals surface area contributed by atoms with E-state index in [1.165, 1.54) is 11.1 Å². The minimum atomic E-state index is 0.0779. The number of aryl methyl sites for hydroxylation is 1. The maximum Gasteiger partial charge on any atom is 0.0594 e. The van der Waals surface area contributed by atoms with E-state index in [1.54, 1.807) is 0 Å². The van der Waals surface area contributed by atoms with Crippen molar-refractivity contribution in [1.29, 1.82) is 0 Å². The zero-order valence-electron chi connectivity index (χ0n) is 10.8. The monoisotopic (exact) mass is 297 g/mol. The van der Waals surface area contributed by atoms with Gasteiger partial charge in [-0.25, -0.2) is 0 Å². The number of hydrogen-bond acceptors (Lipinski definition) is 2. The summed E-state index contributed by atoms with van der Waals surface area (Å²) in [6, 6.07) is 6.55. The summed E-state index contributed by atoms with van der Waals surface area (Å²) in [4.78, 5) is 2.51. The van der Waals surface area contributed by atoms with Gasteiger partial charge in [0, 0.05) is 23.1 Å². The Labute approximate surface area is 112 Å². The average molecular weight is 298 g/mol. The molecule has 1 fully saturated rings. The van der Waals surface area contributed by atoms with Gasteiger partial charge in [0.15, 0.2) is 0 Å². The third-order valence-corrected chi connectivity index (χ3v) is 4.14. The van der Waals surface area contributed by atoms with Gasteiger partial charge >= 0.3 is 0 Å². The van der Waals surface area contributed by atoms with Crippen molar-refractivity contribution >= 4 is 15.9 Å². The van der Waals surface area contributed by atoms with Crippen molar-refractivity contribution in [3.05, 3.63) is 33.8 Å². The van der Waals surface area contributed by atoms with Crippen LogP contribution in [0.1, 0.15) is 25.0 Å². The second-order valence-corrected chi connectivity index (χ2v) is 6.03. The van der Waals surface area contributed by atoms with E-state index in [9.17, 15) is 0 Å². The van der Waals surface area contributed by atoms with Crippen LogP contribution in [0.3, 0.4) is 0 Å². The minimum Gasteiger partial charge on any atom is -0.379 e. The van der Waals surface area contributed by atoms with Gasteiger partial charge in [-0.1, -0.05) is 22.0 Å². The highest BCUT2D eigenvalue weighted by molar-refractivity contribution is 9.10. The normalized spacial score (nSPS) is 18.4. The molecule has 1 aromatic carbocycles. The van der Waals surface area contributed by atoms with Crippen LogP contribution in [0.5, 0.6) is 0 Å². The summed E-state index contributed by atoms with van der Waals surface area (Å²) < 4.78 is 6.58. The molecule has 1 heterocycles. The van der Waals surface area contributed by atoms with Gasteiger partial charge in [0.05, 0.1) is 13.2 Å². The highest BCUT2D eigenvalue weighted by Crippen LogP contribution is 2.32. The van der Waals surface area contributed by atoms with E-state index in [1.807, 2.05) is 0 Å². The van der Waals surface area contributed by atoms with Gasteiger partial charge in [-0.15, -0.1) is 0 Å². The molecule has 17 heavy (non-hydrogen) atoms. The fourth-order valence-corrected chi connectivity index (χ4v) is 3.08. The summed E-state index contributed by atoms with van der Waals surface area (Å²) in [5.74, 6) is 0. The molecule has 94 valence electrons. The quantitative estimate of drug-likeness (QED) is 0.830. The molecule has 0 aliphatic carbocycles. The van der Waals surface area contributed by atoms with E-state index in [-0.39, 0.29) is 5.54 Å².